The summed E-state index contributed by atoms with van der Waals surface area (Å²) in [7, 11) is 1.64. The fourth-order valence-corrected chi connectivity index (χ4v) is 5.11. The molecule has 33 heavy (non-hydrogen) atoms. The molecule has 0 spiro atoms. The van der Waals surface area contributed by atoms with Crippen molar-refractivity contribution in [1.29, 1.82) is 0 Å². The number of rotatable bonds is 5. The zero-order valence-electron chi connectivity index (χ0n) is 17.7. The molecule has 6 rings (SSSR count). The molecule has 4 heterocycles. The second kappa shape index (κ2) is 7.79. The van der Waals surface area contributed by atoms with E-state index in [1.807, 2.05) is 60.7 Å². The lowest BCUT2D eigenvalue weighted by Gasteiger charge is -2.27. The summed E-state index contributed by atoms with van der Waals surface area (Å²) in [6.45, 7) is 0. The van der Waals surface area contributed by atoms with Crippen molar-refractivity contribution in [1.82, 2.24) is 10.2 Å². The number of furan rings is 1. The van der Waals surface area contributed by atoms with E-state index in [-0.39, 0.29) is 5.91 Å². The van der Waals surface area contributed by atoms with E-state index in [1.54, 1.807) is 29.6 Å². The molecular formula is C26H19N3O3S. The number of amides is 1. The predicted octanol–water partition coefficient (Wildman–Crippen LogP) is 6.16. The van der Waals surface area contributed by atoms with Gasteiger partial charge in [0.2, 0.25) is 0 Å². The number of methoxy groups -OCH3 is 1. The highest BCUT2D eigenvalue weighted by atomic mass is 32.1. The van der Waals surface area contributed by atoms with Crippen LogP contribution in [0.25, 0.3) is 22.6 Å². The van der Waals surface area contributed by atoms with Gasteiger partial charge in [0.15, 0.2) is 5.76 Å². The number of benzene rings is 2. The molecule has 0 fully saturated rings. The Morgan fingerprint density at radius 2 is 1.88 bits per heavy atom. The quantitative estimate of drug-likeness (QED) is 0.346. The van der Waals surface area contributed by atoms with Crippen LogP contribution in [0, 0.1) is 0 Å². The van der Waals surface area contributed by atoms with Crippen molar-refractivity contribution in [3.63, 3.8) is 0 Å². The van der Waals surface area contributed by atoms with Gasteiger partial charge in [0.05, 0.1) is 19.4 Å². The summed E-state index contributed by atoms with van der Waals surface area (Å²) in [6, 6.07) is 21.1. The predicted molar refractivity (Wildman–Crippen MR) is 128 cm³/mol. The number of thiophene rings is 1. The van der Waals surface area contributed by atoms with Gasteiger partial charge in [-0.15, -0.1) is 0 Å². The van der Waals surface area contributed by atoms with Crippen molar-refractivity contribution in [2.45, 2.75) is 6.04 Å². The second-order valence-corrected chi connectivity index (χ2v) is 8.50. The number of ether oxygens (including phenoxy) is 1. The Bertz CT molecular complexity index is 1420. The maximum Gasteiger partial charge on any atom is 0.277 e. The number of nitrogens with one attached hydrogen (secondary N) is 1. The molecule has 0 saturated carbocycles. The summed E-state index contributed by atoms with van der Waals surface area (Å²) in [6.07, 6.45) is 1.60. The molecular weight excluding hydrogens is 434 g/mol. The lowest BCUT2D eigenvalue weighted by Crippen LogP contribution is -2.29. The first-order chi connectivity index (χ1) is 16.3. The van der Waals surface area contributed by atoms with Gasteiger partial charge in [0.1, 0.15) is 17.1 Å². The van der Waals surface area contributed by atoms with E-state index in [0.717, 1.165) is 27.9 Å². The molecule has 1 aliphatic heterocycles. The SMILES string of the molecule is COc1ccccc1C1c2c(-c3ccco3)n[nH]c2C(=O)N1c1ccc(-c2ccsc2)cc1. The third-order valence-corrected chi connectivity index (χ3v) is 6.64. The Morgan fingerprint density at radius 3 is 2.61 bits per heavy atom. The van der Waals surface area contributed by atoms with Gasteiger partial charge in [-0.25, -0.2) is 0 Å². The number of hydrogen-bond donors (Lipinski definition) is 1. The molecule has 1 amide bonds. The van der Waals surface area contributed by atoms with Crippen LogP contribution in [0.5, 0.6) is 5.75 Å². The minimum absolute atomic E-state index is 0.144. The lowest BCUT2D eigenvalue weighted by molar-refractivity contribution is 0.0988. The monoisotopic (exact) mass is 453 g/mol. The van der Waals surface area contributed by atoms with Gasteiger partial charge in [0, 0.05) is 16.8 Å². The first-order valence-electron chi connectivity index (χ1n) is 10.5. The smallest absolute Gasteiger partial charge is 0.277 e. The van der Waals surface area contributed by atoms with Crippen LogP contribution >= 0.6 is 11.3 Å². The lowest BCUT2D eigenvalue weighted by atomic mass is 9.96. The number of aromatic nitrogens is 2. The van der Waals surface area contributed by atoms with Crippen molar-refractivity contribution in [2.75, 3.05) is 12.0 Å². The molecule has 5 aromatic rings. The summed E-state index contributed by atoms with van der Waals surface area (Å²) < 4.78 is 11.3. The van der Waals surface area contributed by atoms with Gasteiger partial charge in [-0.2, -0.15) is 16.4 Å². The van der Waals surface area contributed by atoms with E-state index in [9.17, 15) is 4.79 Å². The Labute approximate surface area is 194 Å². The number of carbonyl (C=O) groups is 1. The molecule has 1 aliphatic rings. The Morgan fingerprint density at radius 1 is 1.03 bits per heavy atom. The topological polar surface area (TPSA) is 71.4 Å². The van der Waals surface area contributed by atoms with Gasteiger partial charge < -0.3 is 9.15 Å². The van der Waals surface area contributed by atoms with Crippen molar-refractivity contribution >= 4 is 22.9 Å². The average Bonchev–Trinajstić information content (AvgIpc) is 3.65. The van der Waals surface area contributed by atoms with Gasteiger partial charge in [0.25, 0.3) is 5.91 Å². The van der Waals surface area contributed by atoms with Crippen LogP contribution in [-0.4, -0.2) is 23.2 Å². The first kappa shape index (κ1) is 19.6. The van der Waals surface area contributed by atoms with E-state index >= 15 is 0 Å². The molecule has 0 radical (unpaired) electrons. The van der Waals surface area contributed by atoms with Crippen LogP contribution in [0.2, 0.25) is 0 Å². The van der Waals surface area contributed by atoms with Gasteiger partial charge >= 0.3 is 0 Å². The number of nitrogens with zero attached hydrogens (tertiary/aromatic N) is 2. The minimum atomic E-state index is -0.422. The molecule has 2 aromatic carbocycles. The van der Waals surface area contributed by atoms with Gasteiger partial charge in [-0.05, 0) is 58.3 Å². The molecule has 0 bridgehead atoms. The van der Waals surface area contributed by atoms with Crippen LogP contribution in [0.1, 0.15) is 27.7 Å². The van der Waals surface area contributed by atoms with Gasteiger partial charge in [-0.3, -0.25) is 14.8 Å². The summed E-state index contributed by atoms with van der Waals surface area (Å²) >= 11 is 1.66. The average molecular weight is 454 g/mol. The highest BCUT2D eigenvalue weighted by Gasteiger charge is 2.44. The maximum absolute atomic E-state index is 13.7. The normalized spacial score (nSPS) is 15.1. The molecule has 3 aromatic heterocycles. The standard InChI is InChI=1S/C26H19N3O3S/c1-31-20-6-3-2-5-19(20)25-22-23(21-7-4-13-32-21)27-28-24(22)26(30)29(25)18-10-8-16(9-11-18)17-12-14-33-15-17/h2-15,25H,1H3,(H,27,28). The first-order valence-corrected chi connectivity index (χ1v) is 11.4. The Balaban J connectivity index is 1.52. The number of anilines is 1. The van der Waals surface area contributed by atoms with Crippen LogP contribution in [-0.2, 0) is 0 Å². The van der Waals surface area contributed by atoms with Crippen molar-refractivity contribution < 1.29 is 13.9 Å². The molecule has 0 saturated heterocycles. The van der Waals surface area contributed by atoms with E-state index in [1.165, 1.54) is 0 Å². The Hall–Kier alpha value is -4.10. The van der Waals surface area contributed by atoms with Crippen LogP contribution in [0.15, 0.2) is 88.2 Å². The summed E-state index contributed by atoms with van der Waals surface area (Å²) in [4.78, 5) is 15.5. The number of aromatic amines is 1. The third kappa shape index (κ3) is 3.08. The van der Waals surface area contributed by atoms with Crippen LogP contribution in [0.4, 0.5) is 5.69 Å². The maximum atomic E-state index is 13.7. The van der Waals surface area contributed by atoms with Crippen LogP contribution in [0.3, 0.4) is 0 Å². The highest BCUT2D eigenvalue weighted by molar-refractivity contribution is 7.08. The number of H-pyrrole nitrogens is 1. The van der Waals surface area contributed by atoms with E-state index in [4.69, 9.17) is 9.15 Å². The second-order valence-electron chi connectivity index (χ2n) is 7.72. The van der Waals surface area contributed by atoms with Crippen molar-refractivity contribution in [2.24, 2.45) is 0 Å². The van der Waals surface area contributed by atoms with Crippen molar-refractivity contribution in [3.8, 4) is 28.3 Å². The van der Waals surface area contributed by atoms with E-state index in [0.29, 0.717) is 22.9 Å². The van der Waals surface area contributed by atoms with Crippen LogP contribution < -0.4 is 9.64 Å². The molecule has 1 atom stereocenters. The molecule has 6 nitrogen and oxygen atoms in total. The Kier molecular flexibility index (Phi) is 4.62. The fourth-order valence-electron chi connectivity index (χ4n) is 4.44. The third-order valence-electron chi connectivity index (χ3n) is 5.96. The highest BCUT2D eigenvalue weighted by Crippen LogP contribution is 2.47. The number of carbonyl (C=O) groups excluding carboxylic acids is 1. The fraction of sp³-hybridized carbons (Fsp3) is 0.0769. The molecule has 1 unspecified atom stereocenters. The van der Waals surface area contributed by atoms with E-state index < -0.39 is 6.04 Å². The largest absolute Gasteiger partial charge is 0.496 e. The minimum Gasteiger partial charge on any atom is -0.496 e. The zero-order valence-corrected chi connectivity index (χ0v) is 18.5. The molecule has 0 aliphatic carbocycles. The number of fused-ring (bicyclic) bond motifs is 1. The number of hydrogen-bond acceptors (Lipinski definition) is 5. The molecule has 7 heteroatoms. The summed E-state index contributed by atoms with van der Waals surface area (Å²) in [5, 5.41) is 11.6. The van der Waals surface area contributed by atoms with Crippen molar-refractivity contribution in [3.05, 3.63) is 101 Å². The van der Waals surface area contributed by atoms with E-state index in [2.05, 4.69) is 27.0 Å². The molecule has 162 valence electrons. The summed E-state index contributed by atoms with van der Waals surface area (Å²) in [5.74, 6) is 1.17. The van der Waals surface area contributed by atoms with Gasteiger partial charge in [-0.1, -0.05) is 30.3 Å². The zero-order chi connectivity index (χ0) is 22.4. The number of para-hydroxylation sites is 1. The summed E-state index contributed by atoms with van der Waals surface area (Å²) in [5.41, 5.74) is 5.80. The molecule has 1 N–H and O–H groups in total.